The first kappa shape index (κ1) is 19.9. The average Bonchev–Trinajstić information content (AvgIpc) is 3.38. The Labute approximate surface area is 174 Å². The van der Waals surface area contributed by atoms with Crippen LogP contribution in [-0.2, 0) is 9.59 Å². The van der Waals surface area contributed by atoms with Gasteiger partial charge in [-0.1, -0.05) is 6.07 Å². The van der Waals surface area contributed by atoms with Gasteiger partial charge in [0.05, 0.1) is 17.5 Å². The Morgan fingerprint density at radius 2 is 2.00 bits per heavy atom. The zero-order chi connectivity index (χ0) is 21.6. The largest absolute Gasteiger partial charge is 0.505 e. The Balaban J connectivity index is 1.92. The van der Waals surface area contributed by atoms with Gasteiger partial charge in [0.25, 0.3) is 11.7 Å². The van der Waals surface area contributed by atoms with E-state index in [1.165, 1.54) is 11.2 Å². The zero-order valence-electron chi connectivity index (χ0n) is 17.4. The maximum absolute atomic E-state index is 13.0. The summed E-state index contributed by atoms with van der Waals surface area (Å²) in [5.41, 5.74) is 2.61. The highest BCUT2D eigenvalue weighted by Gasteiger charge is 2.47. The second-order valence-electron chi connectivity index (χ2n) is 7.74. The molecule has 0 aromatic carbocycles. The number of rotatable bonds is 5. The van der Waals surface area contributed by atoms with Crippen molar-refractivity contribution in [3.05, 3.63) is 65.0 Å². The Morgan fingerprint density at radius 3 is 2.67 bits per heavy atom. The van der Waals surface area contributed by atoms with Crippen LogP contribution in [0.25, 0.3) is 11.4 Å². The highest BCUT2D eigenvalue weighted by atomic mass is 16.3. The summed E-state index contributed by atoms with van der Waals surface area (Å²) in [6.45, 7) is 4.59. The highest BCUT2D eigenvalue weighted by Crippen LogP contribution is 2.40. The molecular formula is C22H24N4O4. The van der Waals surface area contributed by atoms with Crippen molar-refractivity contribution < 1.29 is 19.1 Å². The van der Waals surface area contributed by atoms with Crippen molar-refractivity contribution in [2.24, 2.45) is 0 Å². The van der Waals surface area contributed by atoms with Crippen LogP contribution in [0.5, 0.6) is 0 Å². The summed E-state index contributed by atoms with van der Waals surface area (Å²) in [6.07, 6.45) is 3.27. The van der Waals surface area contributed by atoms with E-state index in [0.717, 1.165) is 5.56 Å². The van der Waals surface area contributed by atoms with Crippen LogP contribution < -0.4 is 0 Å². The number of carbonyl (C=O) groups excluding carboxylic acids is 2. The number of fused-ring (bicyclic) bond motifs is 1. The number of likely N-dealkylation sites (N-methyl/N-ethyl adjacent to an activating group) is 1. The number of hydrogen-bond donors (Lipinski definition) is 1. The van der Waals surface area contributed by atoms with Gasteiger partial charge in [0.2, 0.25) is 0 Å². The molecule has 0 saturated carbocycles. The van der Waals surface area contributed by atoms with Gasteiger partial charge < -0.3 is 19.3 Å². The number of aliphatic hydroxyl groups excluding tert-OH is 1. The molecule has 3 aromatic rings. The van der Waals surface area contributed by atoms with E-state index in [1.54, 1.807) is 29.7 Å². The first-order chi connectivity index (χ1) is 14.3. The lowest BCUT2D eigenvalue weighted by molar-refractivity contribution is -0.140. The number of carbonyl (C=O) groups is 2. The lowest BCUT2D eigenvalue weighted by Crippen LogP contribution is -2.35. The third-order valence-electron chi connectivity index (χ3n) is 5.38. The summed E-state index contributed by atoms with van der Waals surface area (Å²) in [5, 5.41) is 11.3. The van der Waals surface area contributed by atoms with Gasteiger partial charge in [-0.25, -0.2) is 4.98 Å². The van der Waals surface area contributed by atoms with Crippen LogP contribution in [0.4, 0.5) is 0 Å². The number of Topliss-reactive ketones (excluding diaryl/α,β-unsaturated/α-hetero) is 1. The van der Waals surface area contributed by atoms with E-state index >= 15 is 0 Å². The van der Waals surface area contributed by atoms with Crippen LogP contribution in [0.3, 0.4) is 0 Å². The summed E-state index contributed by atoms with van der Waals surface area (Å²) in [5.74, 6) is -1.20. The third-order valence-corrected chi connectivity index (χ3v) is 5.38. The Kier molecular flexibility index (Phi) is 4.95. The van der Waals surface area contributed by atoms with E-state index in [1.807, 2.05) is 38.1 Å². The molecule has 0 bridgehead atoms. The second-order valence-corrected chi connectivity index (χ2v) is 7.74. The van der Waals surface area contributed by atoms with Crippen molar-refractivity contribution in [3.63, 3.8) is 0 Å². The molecule has 30 heavy (non-hydrogen) atoms. The molecule has 1 fully saturated rings. The molecule has 1 aliphatic heterocycles. The molecule has 0 aliphatic carbocycles. The smallest absolute Gasteiger partial charge is 0.295 e. The lowest BCUT2D eigenvalue weighted by atomic mass is 10.0. The van der Waals surface area contributed by atoms with Crippen LogP contribution in [0.15, 0.2) is 46.7 Å². The van der Waals surface area contributed by atoms with Crippen molar-refractivity contribution in [1.82, 2.24) is 19.2 Å². The molecule has 0 radical (unpaired) electrons. The number of likely N-dealkylation sites (tertiary alicyclic amines) is 1. The molecule has 0 spiro atoms. The standard InChI is InChI=1S/C22H24N4O4/c1-13-7-5-9-25-17(14(2)23-21(13)25)19(27)16-18(15-8-6-12-30-15)26(11-10-24(3)4)22(29)20(16)28/h5-9,12,18,27H,10-11H2,1-4H3/b19-16+/t18-/m0/s1. The summed E-state index contributed by atoms with van der Waals surface area (Å²) in [6, 6.07) is 6.38. The SMILES string of the molecule is Cc1nc2c(C)cccn2c1/C(O)=C1\C(=O)C(=O)N(CCN(C)C)[C@H]1c1ccco1. The zero-order valence-corrected chi connectivity index (χ0v) is 17.4. The first-order valence-electron chi connectivity index (χ1n) is 9.72. The van der Waals surface area contributed by atoms with Crippen LogP contribution >= 0.6 is 0 Å². The number of aryl methyl sites for hydroxylation is 2. The maximum Gasteiger partial charge on any atom is 0.295 e. The van der Waals surface area contributed by atoms with Gasteiger partial charge >= 0.3 is 0 Å². The molecule has 1 atom stereocenters. The minimum atomic E-state index is -0.797. The number of nitrogens with zero attached hydrogens (tertiary/aromatic N) is 4. The summed E-state index contributed by atoms with van der Waals surface area (Å²) in [7, 11) is 3.78. The maximum atomic E-state index is 13.0. The third kappa shape index (κ3) is 3.09. The minimum Gasteiger partial charge on any atom is -0.505 e. The molecule has 4 rings (SSSR count). The molecule has 3 aromatic heterocycles. The lowest BCUT2D eigenvalue weighted by Gasteiger charge is -2.24. The van der Waals surface area contributed by atoms with Gasteiger partial charge in [-0.15, -0.1) is 0 Å². The number of imidazole rings is 1. The van der Waals surface area contributed by atoms with E-state index in [-0.39, 0.29) is 11.3 Å². The number of furan rings is 1. The fourth-order valence-electron chi connectivity index (χ4n) is 3.89. The number of aromatic nitrogens is 2. The Bertz CT molecular complexity index is 1160. The molecule has 1 aliphatic rings. The van der Waals surface area contributed by atoms with E-state index < -0.39 is 17.7 Å². The van der Waals surface area contributed by atoms with Crippen LogP contribution in [-0.4, -0.2) is 63.2 Å². The van der Waals surface area contributed by atoms with Gasteiger partial charge in [0.15, 0.2) is 5.76 Å². The highest BCUT2D eigenvalue weighted by molar-refractivity contribution is 6.46. The molecule has 156 valence electrons. The molecule has 8 heteroatoms. The number of amides is 1. The van der Waals surface area contributed by atoms with Crippen molar-refractivity contribution in [3.8, 4) is 0 Å². The number of ketones is 1. The predicted molar refractivity (Wildman–Crippen MR) is 111 cm³/mol. The molecule has 1 saturated heterocycles. The summed E-state index contributed by atoms with van der Waals surface area (Å²) >= 11 is 0. The van der Waals surface area contributed by atoms with Gasteiger partial charge in [-0.2, -0.15) is 0 Å². The van der Waals surface area contributed by atoms with Crippen molar-refractivity contribution in [2.45, 2.75) is 19.9 Å². The molecule has 4 heterocycles. The topological polar surface area (TPSA) is 91.3 Å². The van der Waals surface area contributed by atoms with Crippen molar-refractivity contribution in [2.75, 3.05) is 27.2 Å². The van der Waals surface area contributed by atoms with Gasteiger partial charge in [0.1, 0.15) is 23.1 Å². The first-order valence-corrected chi connectivity index (χ1v) is 9.72. The molecule has 1 N–H and O–H groups in total. The van der Waals surface area contributed by atoms with Crippen LogP contribution in [0, 0.1) is 13.8 Å². The molecule has 1 amide bonds. The molecule has 8 nitrogen and oxygen atoms in total. The normalized spacial score (nSPS) is 18.8. The Hall–Kier alpha value is -3.39. The monoisotopic (exact) mass is 408 g/mol. The van der Waals surface area contributed by atoms with E-state index in [0.29, 0.717) is 35.9 Å². The minimum absolute atomic E-state index is 0.0140. The van der Waals surface area contributed by atoms with Gasteiger partial charge in [0, 0.05) is 19.3 Å². The van der Waals surface area contributed by atoms with Crippen molar-refractivity contribution in [1.29, 1.82) is 0 Å². The van der Waals surface area contributed by atoms with Crippen molar-refractivity contribution >= 4 is 23.1 Å². The van der Waals surface area contributed by atoms with Crippen LogP contribution in [0.2, 0.25) is 0 Å². The fraction of sp³-hybridized carbons (Fsp3) is 0.318. The fourth-order valence-corrected chi connectivity index (χ4v) is 3.89. The quantitative estimate of drug-likeness (QED) is 0.396. The van der Waals surface area contributed by atoms with Gasteiger partial charge in [-0.3, -0.25) is 14.0 Å². The second kappa shape index (κ2) is 7.46. The van der Waals surface area contributed by atoms with E-state index in [9.17, 15) is 14.7 Å². The molecular weight excluding hydrogens is 384 g/mol. The van der Waals surface area contributed by atoms with E-state index in [2.05, 4.69) is 4.98 Å². The number of pyridine rings is 1. The summed E-state index contributed by atoms with van der Waals surface area (Å²) < 4.78 is 7.30. The number of aliphatic hydroxyl groups is 1. The molecule has 0 unspecified atom stereocenters. The average molecular weight is 408 g/mol. The number of hydrogen-bond acceptors (Lipinski definition) is 6. The van der Waals surface area contributed by atoms with Crippen LogP contribution in [0.1, 0.15) is 28.8 Å². The van der Waals surface area contributed by atoms with Gasteiger partial charge in [-0.05, 0) is 51.7 Å². The summed E-state index contributed by atoms with van der Waals surface area (Å²) in [4.78, 5) is 33.8. The van der Waals surface area contributed by atoms with E-state index in [4.69, 9.17) is 4.42 Å². The predicted octanol–water partition coefficient (Wildman–Crippen LogP) is 2.53. The Morgan fingerprint density at radius 1 is 1.23 bits per heavy atom.